The highest BCUT2D eigenvalue weighted by atomic mass is 16.5. The first kappa shape index (κ1) is 13.8. The van der Waals surface area contributed by atoms with Crippen molar-refractivity contribution >= 4 is 5.65 Å². The van der Waals surface area contributed by atoms with Gasteiger partial charge in [-0.15, -0.1) is 5.10 Å². The van der Waals surface area contributed by atoms with E-state index in [1.165, 1.54) is 4.68 Å². The van der Waals surface area contributed by atoms with Gasteiger partial charge in [-0.2, -0.15) is 0 Å². The summed E-state index contributed by atoms with van der Waals surface area (Å²) in [6, 6.07) is 5.53. The van der Waals surface area contributed by atoms with Crippen molar-refractivity contribution in [2.45, 2.75) is 19.9 Å². The van der Waals surface area contributed by atoms with Crippen LogP contribution in [0.3, 0.4) is 0 Å². The molecule has 2 rings (SSSR count). The van der Waals surface area contributed by atoms with E-state index in [1.807, 2.05) is 25.1 Å². The Bertz CT molecular complexity index is 561. The van der Waals surface area contributed by atoms with Gasteiger partial charge in [0.15, 0.2) is 5.65 Å². The maximum atomic E-state index is 11.9. The maximum absolute atomic E-state index is 11.9. The summed E-state index contributed by atoms with van der Waals surface area (Å²) in [6.07, 6.45) is 2.71. The van der Waals surface area contributed by atoms with Gasteiger partial charge >= 0.3 is 5.69 Å². The first-order valence-corrected chi connectivity index (χ1v) is 6.65. The Balaban J connectivity index is 1.79. The van der Waals surface area contributed by atoms with Gasteiger partial charge in [-0.1, -0.05) is 6.07 Å². The molecule has 2 aromatic rings. The van der Waals surface area contributed by atoms with Gasteiger partial charge in [0.05, 0.1) is 6.54 Å². The molecule has 104 valence electrons. The largest absolute Gasteiger partial charge is 0.382 e. The minimum atomic E-state index is -0.0910. The van der Waals surface area contributed by atoms with E-state index in [0.717, 1.165) is 32.7 Å². The molecular weight excluding hydrogens is 244 g/mol. The standard InChI is InChI=1S/C13H20N4O2/c1-2-19-11-5-7-14-8-10-17-13(18)16-9-4-3-6-12(16)15-17/h3-4,6,9,14H,2,5,7-8,10-11H2,1H3. The molecule has 0 unspecified atom stereocenters. The van der Waals surface area contributed by atoms with Crippen LogP contribution >= 0.6 is 0 Å². The third-order valence-electron chi connectivity index (χ3n) is 2.84. The predicted molar refractivity (Wildman–Crippen MR) is 73.4 cm³/mol. The second-order valence-electron chi connectivity index (χ2n) is 4.24. The molecule has 0 aromatic carbocycles. The molecule has 0 saturated heterocycles. The lowest BCUT2D eigenvalue weighted by Gasteiger charge is -2.04. The Morgan fingerprint density at radius 3 is 3.05 bits per heavy atom. The maximum Gasteiger partial charge on any atom is 0.350 e. The fourth-order valence-electron chi connectivity index (χ4n) is 1.87. The van der Waals surface area contributed by atoms with E-state index >= 15 is 0 Å². The zero-order chi connectivity index (χ0) is 13.5. The third kappa shape index (κ3) is 3.65. The van der Waals surface area contributed by atoms with Gasteiger partial charge in [0, 0.05) is 26.0 Å². The van der Waals surface area contributed by atoms with Crippen LogP contribution in [-0.2, 0) is 11.3 Å². The first-order chi connectivity index (χ1) is 9.33. The molecule has 0 amide bonds. The summed E-state index contributed by atoms with van der Waals surface area (Å²) in [7, 11) is 0. The quantitative estimate of drug-likeness (QED) is 0.706. The first-order valence-electron chi connectivity index (χ1n) is 6.65. The number of rotatable bonds is 8. The molecule has 6 nitrogen and oxygen atoms in total. The Hall–Kier alpha value is -1.66. The third-order valence-corrected chi connectivity index (χ3v) is 2.84. The van der Waals surface area contributed by atoms with E-state index in [9.17, 15) is 4.79 Å². The van der Waals surface area contributed by atoms with Crippen molar-refractivity contribution in [2.24, 2.45) is 0 Å². The van der Waals surface area contributed by atoms with Crippen molar-refractivity contribution in [2.75, 3.05) is 26.3 Å². The Morgan fingerprint density at radius 2 is 2.26 bits per heavy atom. The molecule has 2 aromatic heterocycles. The van der Waals surface area contributed by atoms with Gasteiger partial charge in [-0.3, -0.25) is 4.40 Å². The highest BCUT2D eigenvalue weighted by Crippen LogP contribution is 1.94. The average Bonchev–Trinajstić information content (AvgIpc) is 2.75. The van der Waals surface area contributed by atoms with Crippen LogP contribution < -0.4 is 11.0 Å². The van der Waals surface area contributed by atoms with Crippen molar-refractivity contribution in [1.82, 2.24) is 19.5 Å². The molecule has 0 aliphatic heterocycles. The molecule has 0 spiro atoms. The van der Waals surface area contributed by atoms with E-state index in [1.54, 1.807) is 10.6 Å². The van der Waals surface area contributed by atoms with Crippen LogP contribution in [0.15, 0.2) is 29.2 Å². The van der Waals surface area contributed by atoms with Crippen molar-refractivity contribution in [3.8, 4) is 0 Å². The lowest BCUT2D eigenvalue weighted by atomic mass is 10.4. The second-order valence-corrected chi connectivity index (χ2v) is 4.24. The number of aromatic nitrogens is 3. The number of ether oxygens (including phenoxy) is 1. The summed E-state index contributed by atoms with van der Waals surface area (Å²) < 4.78 is 8.29. The molecule has 6 heteroatoms. The van der Waals surface area contributed by atoms with Crippen LogP contribution in [0.25, 0.3) is 5.65 Å². The van der Waals surface area contributed by atoms with Gasteiger partial charge in [-0.05, 0) is 32.0 Å². The van der Waals surface area contributed by atoms with Crippen LogP contribution in [0.5, 0.6) is 0 Å². The topological polar surface area (TPSA) is 60.6 Å². The molecule has 0 aliphatic rings. The molecule has 2 heterocycles. The second kappa shape index (κ2) is 7.06. The molecule has 0 atom stereocenters. The normalized spacial score (nSPS) is 11.2. The van der Waals surface area contributed by atoms with Crippen LogP contribution in [-0.4, -0.2) is 40.5 Å². The Morgan fingerprint density at radius 1 is 1.37 bits per heavy atom. The monoisotopic (exact) mass is 264 g/mol. The number of hydrogen-bond donors (Lipinski definition) is 1. The van der Waals surface area contributed by atoms with E-state index < -0.39 is 0 Å². The van der Waals surface area contributed by atoms with E-state index in [2.05, 4.69) is 10.4 Å². The molecule has 19 heavy (non-hydrogen) atoms. The van der Waals surface area contributed by atoms with Crippen molar-refractivity contribution in [1.29, 1.82) is 0 Å². The van der Waals surface area contributed by atoms with Gasteiger partial charge in [0.1, 0.15) is 0 Å². The molecule has 0 saturated carbocycles. The minimum absolute atomic E-state index is 0.0910. The summed E-state index contributed by atoms with van der Waals surface area (Å²) in [6.45, 7) is 5.73. The van der Waals surface area contributed by atoms with Crippen LogP contribution in [0.1, 0.15) is 13.3 Å². The van der Waals surface area contributed by atoms with Gasteiger partial charge < -0.3 is 10.1 Å². The smallest absolute Gasteiger partial charge is 0.350 e. The molecule has 0 aliphatic carbocycles. The highest BCUT2D eigenvalue weighted by Gasteiger charge is 2.04. The van der Waals surface area contributed by atoms with Gasteiger partial charge in [-0.25, -0.2) is 9.48 Å². The number of hydrogen-bond acceptors (Lipinski definition) is 4. The summed E-state index contributed by atoms with van der Waals surface area (Å²) in [5.41, 5.74) is 0.593. The van der Waals surface area contributed by atoms with Gasteiger partial charge in [0.25, 0.3) is 0 Å². The van der Waals surface area contributed by atoms with Crippen molar-refractivity contribution in [3.05, 3.63) is 34.9 Å². The fourth-order valence-corrected chi connectivity index (χ4v) is 1.87. The minimum Gasteiger partial charge on any atom is -0.382 e. The van der Waals surface area contributed by atoms with Crippen LogP contribution in [0, 0.1) is 0 Å². The Labute approximate surface area is 112 Å². The zero-order valence-electron chi connectivity index (χ0n) is 11.2. The zero-order valence-corrected chi connectivity index (χ0v) is 11.2. The molecular formula is C13H20N4O2. The molecule has 1 N–H and O–H groups in total. The molecule has 0 bridgehead atoms. The number of nitrogens with zero attached hydrogens (tertiary/aromatic N) is 3. The lowest BCUT2D eigenvalue weighted by molar-refractivity contribution is 0.144. The summed E-state index contributed by atoms with van der Waals surface area (Å²) in [4.78, 5) is 11.9. The van der Waals surface area contributed by atoms with E-state index in [-0.39, 0.29) is 5.69 Å². The van der Waals surface area contributed by atoms with Gasteiger partial charge in [0.2, 0.25) is 0 Å². The Kier molecular flexibility index (Phi) is 5.11. The number of pyridine rings is 1. The fraction of sp³-hybridized carbons (Fsp3) is 0.538. The molecule has 0 fully saturated rings. The van der Waals surface area contributed by atoms with E-state index in [4.69, 9.17) is 4.74 Å². The van der Waals surface area contributed by atoms with E-state index in [0.29, 0.717) is 12.2 Å². The highest BCUT2D eigenvalue weighted by molar-refractivity contribution is 5.35. The summed E-state index contributed by atoms with van der Waals surface area (Å²) in [5, 5.41) is 7.54. The predicted octanol–water partition coefficient (Wildman–Crippen LogP) is 0.512. The SMILES string of the molecule is CCOCCCNCCn1nc2ccccn2c1=O. The lowest BCUT2D eigenvalue weighted by Crippen LogP contribution is -2.28. The van der Waals surface area contributed by atoms with Crippen LogP contribution in [0.2, 0.25) is 0 Å². The summed E-state index contributed by atoms with van der Waals surface area (Å²) in [5.74, 6) is 0. The summed E-state index contributed by atoms with van der Waals surface area (Å²) >= 11 is 0. The van der Waals surface area contributed by atoms with Crippen molar-refractivity contribution < 1.29 is 4.74 Å². The van der Waals surface area contributed by atoms with Crippen LogP contribution in [0.4, 0.5) is 0 Å². The number of nitrogens with one attached hydrogen (secondary N) is 1. The number of fused-ring (bicyclic) bond motifs is 1. The molecule has 0 radical (unpaired) electrons. The van der Waals surface area contributed by atoms with Crippen molar-refractivity contribution in [3.63, 3.8) is 0 Å². The average molecular weight is 264 g/mol.